The van der Waals surface area contributed by atoms with Gasteiger partial charge < -0.3 is 10.2 Å². The summed E-state index contributed by atoms with van der Waals surface area (Å²) in [6, 6.07) is 8.08. The molecule has 0 saturated heterocycles. The van der Waals surface area contributed by atoms with Gasteiger partial charge in [0.05, 0.1) is 17.0 Å². The zero-order valence-electron chi connectivity index (χ0n) is 19.7. The molecule has 2 atom stereocenters. The summed E-state index contributed by atoms with van der Waals surface area (Å²) in [5, 5.41) is 3.83. The molecule has 1 N–H and O–H groups in total. The van der Waals surface area contributed by atoms with Crippen molar-refractivity contribution in [2.75, 3.05) is 17.1 Å². The Morgan fingerprint density at radius 1 is 1.00 bits per heavy atom. The second-order valence-corrected chi connectivity index (χ2v) is 11.6. The van der Waals surface area contributed by atoms with Gasteiger partial charge in [0, 0.05) is 33.2 Å². The summed E-state index contributed by atoms with van der Waals surface area (Å²) in [5.41, 5.74) is 0.516. The molecule has 0 aliphatic rings. The first kappa shape index (κ1) is 29.5. The highest BCUT2D eigenvalue weighted by Gasteiger charge is 2.32. The second-order valence-electron chi connectivity index (χ2n) is 8.08. The normalized spacial score (nSPS) is 13.1. The van der Waals surface area contributed by atoms with Crippen molar-refractivity contribution in [1.82, 2.24) is 10.2 Å². The summed E-state index contributed by atoms with van der Waals surface area (Å²) in [6.45, 7) is 4.60. The van der Waals surface area contributed by atoms with Gasteiger partial charge in [0.1, 0.15) is 12.6 Å². The van der Waals surface area contributed by atoms with E-state index in [9.17, 15) is 18.0 Å². The third-order valence-corrected chi connectivity index (χ3v) is 7.79. The molecule has 2 rings (SSSR count). The van der Waals surface area contributed by atoms with Crippen LogP contribution in [-0.2, 0) is 26.2 Å². The molecule has 0 spiro atoms. The average molecular weight is 583 g/mol. The molecule has 2 amide bonds. The number of carbonyl (C=O) groups is 2. The summed E-state index contributed by atoms with van der Waals surface area (Å²) in [7, 11) is -3.93. The molecule has 0 unspecified atom stereocenters. The average Bonchev–Trinajstić information content (AvgIpc) is 2.76. The SMILES string of the molecule is CC[C@@H](C)NC(=O)[C@H](C)N(Cc1c(Cl)cccc1Cl)C(=O)CN(c1ccc(Cl)cc1Cl)S(C)(=O)=O. The lowest BCUT2D eigenvalue weighted by Gasteiger charge is -2.32. The summed E-state index contributed by atoms with van der Waals surface area (Å²) >= 11 is 24.8. The lowest BCUT2D eigenvalue weighted by atomic mass is 10.1. The summed E-state index contributed by atoms with van der Waals surface area (Å²) in [5.74, 6) is -1.05. The summed E-state index contributed by atoms with van der Waals surface area (Å²) < 4.78 is 26.1. The Morgan fingerprint density at radius 2 is 1.60 bits per heavy atom. The number of sulfonamides is 1. The van der Waals surface area contributed by atoms with Crippen LogP contribution in [0.15, 0.2) is 36.4 Å². The zero-order chi connectivity index (χ0) is 26.5. The topological polar surface area (TPSA) is 86.8 Å². The lowest BCUT2D eigenvalue weighted by Crippen LogP contribution is -2.52. The van der Waals surface area contributed by atoms with Gasteiger partial charge in [-0.3, -0.25) is 13.9 Å². The number of anilines is 1. The first-order valence-corrected chi connectivity index (χ1v) is 14.1. The van der Waals surface area contributed by atoms with Gasteiger partial charge in [-0.1, -0.05) is 59.4 Å². The van der Waals surface area contributed by atoms with Crippen LogP contribution in [-0.4, -0.2) is 50.0 Å². The quantitative estimate of drug-likeness (QED) is 0.406. The number of amides is 2. The first-order chi connectivity index (χ1) is 16.3. The van der Waals surface area contributed by atoms with E-state index in [0.29, 0.717) is 27.1 Å². The van der Waals surface area contributed by atoms with Gasteiger partial charge in [-0.05, 0) is 50.6 Å². The minimum atomic E-state index is -3.93. The van der Waals surface area contributed by atoms with Crippen molar-refractivity contribution in [3.8, 4) is 0 Å². The van der Waals surface area contributed by atoms with Crippen LogP contribution in [0.2, 0.25) is 20.1 Å². The van der Waals surface area contributed by atoms with Gasteiger partial charge >= 0.3 is 0 Å². The van der Waals surface area contributed by atoms with Gasteiger partial charge in [0.25, 0.3) is 0 Å². The predicted molar refractivity (Wildman–Crippen MR) is 143 cm³/mol. The molecular weight excluding hydrogens is 556 g/mol. The Balaban J connectivity index is 2.48. The highest BCUT2D eigenvalue weighted by atomic mass is 35.5. The Hall–Kier alpha value is -1.71. The third kappa shape index (κ3) is 7.89. The van der Waals surface area contributed by atoms with Crippen molar-refractivity contribution >= 4 is 73.9 Å². The number of nitrogens with one attached hydrogen (secondary N) is 1. The molecule has 12 heteroatoms. The molecule has 0 aromatic heterocycles. The Kier molecular flexibility index (Phi) is 10.5. The molecule has 0 aliphatic carbocycles. The second kappa shape index (κ2) is 12.5. The first-order valence-electron chi connectivity index (χ1n) is 10.7. The minimum Gasteiger partial charge on any atom is -0.352 e. The lowest BCUT2D eigenvalue weighted by molar-refractivity contribution is -0.139. The maximum absolute atomic E-state index is 13.6. The third-order valence-electron chi connectivity index (χ3n) is 5.42. The molecule has 2 aromatic carbocycles. The predicted octanol–water partition coefficient (Wildman–Crippen LogP) is 5.40. The maximum atomic E-state index is 13.6. The van der Waals surface area contributed by atoms with Crippen molar-refractivity contribution in [3.05, 3.63) is 62.1 Å². The highest BCUT2D eigenvalue weighted by Crippen LogP contribution is 2.31. The van der Waals surface area contributed by atoms with Gasteiger partial charge in [0.2, 0.25) is 21.8 Å². The number of carbonyl (C=O) groups excluding carboxylic acids is 2. The standard InChI is InChI=1S/C23H27Cl4N3O4S/c1-5-14(2)28-23(32)15(3)29(12-17-18(25)7-6-8-19(17)26)22(31)13-30(35(4,33)34)21-10-9-16(24)11-20(21)27/h6-11,14-15H,5,12-13H2,1-4H3,(H,28,32)/t14-,15+/m1/s1. The molecule has 0 bridgehead atoms. The molecule has 0 aliphatic heterocycles. The number of nitrogens with zero attached hydrogens (tertiary/aromatic N) is 2. The monoisotopic (exact) mass is 581 g/mol. The molecule has 2 aromatic rings. The van der Waals surface area contributed by atoms with Crippen molar-refractivity contribution in [1.29, 1.82) is 0 Å². The van der Waals surface area contributed by atoms with E-state index in [1.807, 2.05) is 13.8 Å². The Labute approximate surface area is 226 Å². The van der Waals surface area contributed by atoms with Crippen LogP contribution < -0.4 is 9.62 Å². The summed E-state index contributed by atoms with van der Waals surface area (Å²) in [4.78, 5) is 27.7. The van der Waals surface area contributed by atoms with Crippen LogP contribution in [0.1, 0.15) is 32.8 Å². The van der Waals surface area contributed by atoms with E-state index < -0.39 is 34.4 Å². The van der Waals surface area contributed by atoms with Gasteiger partial charge in [0.15, 0.2) is 0 Å². The fourth-order valence-corrected chi connectivity index (χ4v) is 5.12. The van der Waals surface area contributed by atoms with E-state index in [4.69, 9.17) is 46.4 Å². The number of halogens is 4. The van der Waals surface area contributed by atoms with Crippen molar-refractivity contribution in [2.45, 2.75) is 45.8 Å². The van der Waals surface area contributed by atoms with Crippen molar-refractivity contribution < 1.29 is 18.0 Å². The van der Waals surface area contributed by atoms with Crippen molar-refractivity contribution in [2.24, 2.45) is 0 Å². The van der Waals surface area contributed by atoms with Crippen LogP contribution >= 0.6 is 46.4 Å². The van der Waals surface area contributed by atoms with Gasteiger partial charge in [-0.15, -0.1) is 0 Å². The van der Waals surface area contributed by atoms with E-state index in [-0.39, 0.29) is 23.3 Å². The summed E-state index contributed by atoms with van der Waals surface area (Å²) in [6.07, 6.45) is 1.65. The largest absolute Gasteiger partial charge is 0.352 e. The van der Waals surface area contributed by atoms with E-state index in [0.717, 1.165) is 10.6 Å². The molecular formula is C23H27Cl4N3O4S. The zero-order valence-corrected chi connectivity index (χ0v) is 23.5. The number of hydrogen-bond acceptors (Lipinski definition) is 4. The highest BCUT2D eigenvalue weighted by molar-refractivity contribution is 7.92. The number of benzene rings is 2. The van der Waals surface area contributed by atoms with E-state index in [2.05, 4.69) is 5.32 Å². The molecule has 0 radical (unpaired) electrons. The van der Waals surface area contributed by atoms with E-state index in [1.165, 1.54) is 23.1 Å². The molecule has 0 fully saturated rings. The molecule has 35 heavy (non-hydrogen) atoms. The fourth-order valence-electron chi connectivity index (χ4n) is 3.18. The molecule has 0 heterocycles. The van der Waals surface area contributed by atoms with Crippen LogP contribution in [0.5, 0.6) is 0 Å². The van der Waals surface area contributed by atoms with Crippen LogP contribution in [0.25, 0.3) is 0 Å². The van der Waals surface area contributed by atoms with Gasteiger partial charge in [-0.25, -0.2) is 8.42 Å². The van der Waals surface area contributed by atoms with Gasteiger partial charge in [-0.2, -0.15) is 0 Å². The minimum absolute atomic E-state index is 0.0546. The van der Waals surface area contributed by atoms with Crippen LogP contribution in [0.4, 0.5) is 5.69 Å². The smallest absolute Gasteiger partial charge is 0.244 e. The van der Waals surface area contributed by atoms with Crippen molar-refractivity contribution in [3.63, 3.8) is 0 Å². The molecule has 7 nitrogen and oxygen atoms in total. The Bertz CT molecular complexity index is 1170. The van der Waals surface area contributed by atoms with E-state index >= 15 is 0 Å². The fraction of sp³-hybridized carbons (Fsp3) is 0.391. The number of hydrogen-bond donors (Lipinski definition) is 1. The molecule has 192 valence electrons. The Morgan fingerprint density at radius 3 is 2.11 bits per heavy atom. The number of rotatable bonds is 10. The maximum Gasteiger partial charge on any atom is 0.244 e. The molecule has 0 saturated carbocycles. The van der Waals surface area contributed by atoms with Crippen LogP contribution in [0, 0.1) is 0 Å². The van der Waals surface area contributed by atoms with E-state index in [1.54, 1.807) is 25.1 Å². The van der Waals surface area contributed by atoms with Crippen LogP contribution in [0.3, 0.4) is 0 Å².